The van der Waals surface area contributed by atoms with Crippen molar-refractivity contribution < 1.29 is 9.90 Å². The molecule has 1 fully saturated rings. The van der Waals surface area contributed by atoms with Gasteiger partial charge in [-0.3, -0.25) is 9.69 Å². The second-order valence-corrected chi connectivity index (χ2v) is 5.68. The molecule has 1 amide bonds. The zero-order chi connectivity index (χ0) is 14.9. The number of piperidine rings is 1. The van der Waals surface area contributed by atoms with Crippen LogP contribution in [0.25, 0.3) is 0 Å². The van der Waals surface area contributed by atoms with Gasteiger partial charge in [-0.2, -0.15) is 0 Å². The average molecular weight is 290 g/mol. The van der Waals surface area contributed by atoms with E-state index in [0.717, 1.165) is 32.5 Å². The van der Waals surface area contributed by atoms with E-state index in [9.17, 15) is 9.90 Å². The first-order valence-electron chi connectivity index (χ1n) is 7.94. The summed E-state index contributed by atoms with van der Waals surface area (Å²) in [6, 6.07) is 10.2. The van der Waals surface area contributed by atoms with E-state index in [1.54, 1.807) is 0 Å². The fourth-order valence-electron chi connectivity index (χ4n) is 2.81. The van der Waals surface area contributed by atoms with Gasteiger partial charge in [0, 0.05) is 39.1 Å². The minimum absolute atomic E-state index is 0.130. The van der Waals surface area contributed by atoms with E-state index < -0.39 is 0 Å². The van der Waals surface area contributed by atoms with Crippen molar-refractivity contribution in [3.05, 3.63) is 35.9 Å². The predicted molar refractivity (Wildman–Crippen MR) is 83.9 cm³/mol. The molecule has 0 aromatic heterocycles. The van der Waals surface area contributed by atoms with Crippen molar-refractivity contribution >= 4 is 5.91 Å². The first kappa shape index (κ1) is 16.0. The number of hydrogen-bond acceptors (Lipinski definition) is 3. The van der Waals surface area contributed by atoms with Crippen LogP contribution in [-0.2, 0) is 11.3 Å². The maximum atomic E-state index is 12.2. The molecule has 1 aliphatic heterocycles. The molecular formula is C17H26N2O2. The molecule has 1 heterocycles. The molecule has 1 N–H and O–H groups in total. The number of benzene rings is 1. The predicted octanol–water partition coefficient (Wildman–Crippen LogP) is 1.88. The molecule has 1 aliphatic rings. The van der Waals surface area contributed by atoms with Crippen LogP contribution in [0.15, 0.2) is 30.3 Å². The molecule has 1 aromatic carbocycles. The van der Waals surface area contributed by atoms with Crippen LogP contribution < -0.4 is 0 Å². The lowest BCUT2D eigenvalue weighted by Gasteiger charge is -2.28. The number of likely N-dealkylation sites (tertiary alicyclic amines) is 1. The topological polar surface area (TPSA) is 43.8 Å². The second-order valence-electron chi connectivity index (χ2n) is 5.68. The smallest absolute Gasteiger partial charge is 0.223 e. The van der Waals surface area contributed by atoms with Gasteiger partial charge in [0.2, 0.25) is 5.91 Å². The molecule has 4 nitrogen and oxygen atoms in total. The molecule has 2 rings (SSSR count). The third-order valence-corrected chi connectivity index (χ3v) is 4.02. The van der Waals surface area contributed by atoms with E-state index in [4.69, 9.17) is 0 Å². The number of carbonyl (C=O) groups excluding carboxylic acids is 1. The summed E-state index contributed by atoms with van der Waals surface area (Å²) in [5.74, 6) is 0.255. The second kappa shape index (κ2) is 8.80. The van der Waals surface area contributed by atoms with E-state index in [1.807, 2.05) is 23.1 Å². The van der Waals surface area contributed by atoms with E-state index in [-0.39, 0.29) is 12.5 Å². The molecular weight excluding hydrogens is 264 g/mol. The summed E-state index contributed by atoms with van der Waals surface area (Å²) in [5.41, 5.74) is 1.22. The lowest BCUT2D eigenvalue weighted by atomic mass is 10.1. The van der Waals surface area contributed by atoms with Gasteiger partial charge in [-0.15, -0.1) is 0 Å². The Labute approximate surface area is 127 Å². The Morgan fingerprint density at radius 1 is 1.10 bits per heavy atom. The van der Waals surface area contributed by atoms with Gasteiger partial charge in [0.25, 0.3) is 0 Å². The van der Waals surface area contributed by atoms with Crippen LogP contribution in [0.2, 0.25) is 0 Å². The molecule has 1 aromatic rings. The van der Waals surface area contributed by atoms with Crippen LogP contribution >= 0.6 is 0 Å². The Morgan fingerprint density at radius 2 is 1.81 bits per heavy atom. The summed E-state index contributed by atoms with van der Waals surface area (Å²) < 4.78 is 0. The van der Waals surface area contributed by atoms with Gasteiger partial charge in [-0.05, 0) is 24.8 Å². The Morgan fingerprint density at radius 3 is 2.48 bits per heavy atom. The van der Waals surface area contributed by atoms with Crippen molar-refractivity contribution in [2.24, 2.45) is 0 Å². The molecule has 1 saturated heterocycles. The third-order valence-electron chi connectivity index (χ3n) is 4.02. The highest BCUT2D eigenvalue weighted by molar-refractivity contribution is 5.76. The van der Waals surface area contributed by atoms with Crippen LogP contribution in [0.3, 0.4) is 0 Å². The number of aliphatic hydroxyl groups excluding tert-OH is 1. The van der Waals surface area contributed by atoms with Crippen molar-refractivity contribution in [3.63, 3.8) is 0 Å². The molecule has 0 spiro atoms. The van der Waals surface area contributed by atoms with Crippen molar-refractivity contribution in [3.8, 4) is 0 Å². The number of nitrogens with zero attached hydrogens (tertiary/aromatic N) is 2. The standard InChI is InChI=1S/C17H26N2O2/c20-14-13-18(15-16-7-3-1-4-8-16)12-9-17(21)19-10-5-2-6-11-19/h1,3-4,7-8,20H,2,5-6,9-15H2. The normalized spacial score (nSPS) is 15.4. The van der Waals surface area contributed by atoms with Crippen molar-refractivity contribution in [1.29, 1.82) is 0 Å². The van der Waals surface area contributed by atoms with Gasteiger partial charge >= 0.3 is 0 Å². The minimum Gasteiger partial charge on any atom is -0.395 e. The highest BCUT2D eigenvalue weighted by atomic mass is 16.3. The quantitative estimate of drug-likeness (QED) is 0.834. The summed E-state index contributed by atoms with van der Waals surface area (Å²) >= 11 is 0. The maximum Gasteiger partial charge on any atom is 0.223 e. The van der Waals surface area contributed by atoms with Crippen LogP contribution in [0, 0.1) is 0 Å². The van der Waals surface area contributed by atoms with Gasteiger partial charge in [-0.25, -0.2) is 0 Å². The van der Waals surface area contributed by atoms with Gasteiger partial charge in [0.1, 0.15) is 0 Å². The third kappa shape index (κ3) is 5.48. The molecule has 0 radical (unpaired) electrons. The Bertz CT molecular complexity index is 416. The summed E-state index contributed by atoms with van der Waals surface area (Å²) in [4.78, 5) is 16.3. The fourth-order valence-corrected chi connectivity index (χ4v) is 2.81. The molecule has 4 heteroatoms. The Kier molecular flexibility index (Phi) is 6.70. The van der Waals surface area contributed by atoms with Gasteiger partial charge < -0.3 is 10.0 Å². The molecule has 0 saturated carbocycles. The van der Waals surface area contributed by atoms with Crippen LogP contribution in [-0.4, -0.2) is 53.6 Å². The molecule has 116 valence electrons. The zero-order valence-corrected chi connectivity index (χ0v) is 12.7. The zero-order valence-electron chi connectivity index (χ0n) is 12.7. The average Bonchev–Trinajstić information content (AvgIpc) is 2.54. The SMILES string of the molecule is O=C(CCN(CCO)Cc1ccccc1)N1CCCCC1. The maximum absolute atomic E-state index is 12.2. The van der Waals surface area contributed by atoms with Crippen LogP contribution in [0.4, 0.5) is 0 Å². The van der Waals surface area contributed by atoms with Crippen molar-refractivity contribution in [2.45, 2.75) is 32.2 Å². The van der Waals surface area contributed by atoms with Crippen LogP contribution in [0.1, 0.15) is 31.2 Å². The van der Waals surface area contributed by atoms with Crippen molar-refractivity contribution in [1.82, 2.24) is 9.80 Å². The van der Waals surface area contributed by atoms with Gasteiger partial charge in [0.05, 0.1) is 6.61 Å². The molecule has 21 heavy (non-hydrogen) atoms. The largest absolute Gasteiger partial charge is 0.395 e. The number of carbonyl (C=O) groups is 1. The molecule has 0 atom stereocenters. The molecule has 0 aliphatic carbocycles. The van der Waals surface area contributed by atoms with Gasteiger partial charge in [0.15, 0.2) is 0 Å². The number of aliphatic hydroxyl groups is 1. The number of rotatable bonds is 7. The summed E-state index contributed by atoms with van der Waals surface area (Å²) in [6.07, 6.45) is 4.06. The van der Waals surface area contributed by atoms with E-state index in [1.165, 1.54) is 12.0 Å². The molecule has 0 unspecified atom stereocenters. The summed E-state index contributed by atoms with van der Waals surface area (Å²) in [5, 5.41) is 9.19. The van der Waals surface area contributed by atoms with Gasteiger partial charge in [-0.1, -0.05) is 30.3 Å². The number of hydrogen-bond donors (Lipinski definition) is 1. The van der Waals surface area contributed by atoms with Crippen LogP contribution in [0.5, 0.6) is 0 Å². The molecule has 0 bridgehead atoms. The lowest BCUT2D eigenvalue weighted by molar-refractivity contribution is -0.132. The van der Waals surface area contributed by atoms with E-state index in [2.05, 4.69) is 17.0 Å². The lowest BCUT2D eigenvalue weighted by Crippen LogP contribution is -2.38. The Hall–Kier alpha value is -1.39. The minimum atomic E-state index is 0.130. The van der Waals surface area contributed by atoms with E-state index >= 15 is 0 Å². The highest BCUT2D eigenvalue weighted by Crippen LogP contribution is 2.11. The summed E-state index contributed by atoms with van der Waals surface area (Å²) in [6.45, 7) is 4.07. The first-order chi connectivity index (χ1) is 10.3. The first-order valence-corrected chi connectivity index (χ1v) is 7.94. The summed E-state index contributed by atoms with van der Waals surface area (Å²) in [7, 11) is 0. The van der Waals surface area contributed by atoms with Crippen molar-refractivity contribution in [2.75, 3.05) is 32.8 Å². The van der Waals surface area contributed by atoms with E-state index in [0.29, 0.717) is 19.5 Å². The highest BCUT2D eigenvalue weighted by Gasteiger charge is 2.17. The monoisotopic (exact) mass is 290 g/mol. The number of amides is 1. The Balaban J connectivity index is 1.80. The fraction of sp³-hybridized carbons (Fsp3) is 0.588.